The van der Waals surface area contributed by atoms with Gasteiger partial charge in [-0.25, -0.2) is 15.0 Å². The maximum atomic E-state index is 6.45. The Morgan fingerprint density at radius 3 is 1.45 bits per heavy atom. The van der Waals surface area contributed by atoms with E-state index in [1.165, 1.54) is 61.2 Å². The van der Waals surface area contributed by atoms with Gasteiger partial charge >= 0.3 is 0 Å². The molecule has 2 aliphatic rings. The van der Waals surface area contributed by atoms with Gasteiger partial charge in [0.05, 0.1) is 11.8 Å². The van der Waals surface area contributed by atoms with Gasteiger partial charge in [-0.15, -0.1) is 0 Å². The van der Waals surface area contributed by atoms with E-state index in [-0.39, 0.29) is 11.8 Å². The lowest BCUT2D eigenvalue weighted by Crippen LogP contribution is -2.16. The number of rotatable bonds is 6. The van der Waals surface area contributed by atoms with Gasteiger partial charge in [0.2, 0.25) is 0 Å². The zero-order valence-corrected chi connectivity index (χ0v) is 39.1. The monoisotopic (exact) mass is 869 g/mol. The number of fused-ring (bicyclic) bond motifs is 3. The minimum Gasteiger partial charge on any atom is -0.461 e. The molecule has 2 unspecified atom stereocenters. The van der Waals surface area contributed by atoms with Crippen LogP contribution in [0.25, 0.3) is 56.2 Å². The number of hydrogen-bond acceptors (Lipinski definition) is 4. The van der Waals surface area contributed by atoms with E-state index < -0.39 is 0 Å². The van der Waals surface area contributed by atoms with Crippen molar-refractivity contribution in [2.24, 2.45) is 0 Å². The summed E-state index contributed by atoms with van der Waals surface area (Å²) in [7, 11) is 0. The summed E-state index contributed by atoms with van der Waals surface area (Å²) < 4.78 is 6.45. The Hall–Kier alpha value is -7.95. The van der Waals surface area contributed by atoms with Gasteiger partial charge in [-0.3, -0.25) is 0 Å². The minimum absolute atomic E-state index is 0.0408. The second kappa shape index (κ2) is 20.1. The van der Waals surface area contributed by atoms with E-state index in [0.717, 1.165) is 39.6 Å². The molecule has 0 saturated heterocycles. The quantitative estimate of drug-likeness (QED) is 0.167. The Labute approximate surface area is 396 Å². The van der Waals surface area contributed by atoms with E-state index in [1.54, 1.807) is 0 Å². The van der Waals surface area contributed by atoms with Gasteiger partial charge in [0.25, 0.3) is 0 Å². The number of ether oxygens (including phenoxy) is 1. The van der Waals surface area contributed by atoms with Crippen molar-refractivity contribution in [1.82, 2.24) is 15.0 Å². The number of aryl methyl sites for hydroxylation is 6. The molecule has 328 valence electrons. The van der Waals surface area contributed by atoms with Crippen LogP contribution in [-0.2, 0) is 0 Å². The number of hydrogen-bond donors (Lipinski definition) is 0. The highest BCUT2D eigenvalue weighted by atomic mass is 16.5. The largest absolute Gasteiger partial charge is 0.461 e. The summed E-state index contributed by atoms with van der Waals surface area (Å²) in [6.45, 7) is 12.9. The van der Waals surface area contributed by atoms with Crippen LogP contribution >= 0.6 is 0 Å². The van der Waals surface area contributed by atoms with Crippen molar-refractivity contribution in [1.29, 1.82) is 0 Å². The van der Waals surface area contributed by atoms with Crippen molar-refractivity contribution >= 4 is 0 Å². The van der Waals surface area contributed by atoms with Crippen molar-refractivity contribution in [2.75, 3.05) is 0 Å². The predicted octanol–water partition coefficient (Wildman–Crippen LogP) is 16.1. The molecule has 2 heterocycles. The smallest absolute Gasteiger partial charge is 0.163 e. The van der Waals surface area contributed by atoms with Crippen LogP contribution < -0.4 is 4.74 Å². The fourth-order valence-corrected chi connectivity index (χ4v) is 8.91. The number of allylic oxidation sites excluding steroid dienone is 4. The van der Waals surface area contributed by atoms with Crippen LogP contribution in [0.2, 0.25) is 0 Å². The molecule has 1 aliphatic heterocycles. The first-order valence-electron chi connectivity index (χ1n) is 23.1. The van der Waals surface area contributed by atoms with Gasteiger partial charge in [-0.2, -0.15) is 0 Å². The van der Waals surface area contributed by atoms with Gasteiger partial charge in [0.1, 0.15) is 17.3 Å². The van der Waals surface area contributed by atoms with Gasteiger partial charge in [0.15, 0.2) is 11.6 Å². The molecule has 8 aromatic carbocycles. The molecule has 11 rings (SSSR count). The molecule has 1 aliphatic carbocycles. The van der Waals surface area contributed by atoms with Gasteiger partial charge in [-0.05, 0) is 121 Å². The van der Waals surface area contributed by atoms with Crippen LogP contribution in [0.5, 0.6) is 5.75 Å². The number of nitrogens with zero attached hydrogens (tertiary/aromatic N) is 3. The Bertz CT molecular complexity index is 3170. The molecule has 4 heteroatoms. The first-order chi connectivity index (χ1) is 32.7. The summed E-state index contributed by atoms with van der Waals surface area (Å²) >= 11 is 0. The number of aromatic nitrogens is 3. The van der Waals surface area contributed by atoms with Gasteiger partial charge < -0.3 is 4.74 Å². The second-order valence-electron chi connectivity index (χ2n) is 17.5. The summed E-state index contributed by atoms with van der Waals surface area (Å²) in [5.74, 6) is 3.71. The van der Waals surface area contributed by atoms with Crippen LogP contribution in [0.4, 0.5) is 0 Å². The van der Waals surface area contributed by atoms with Crippen LogP contribution in [0, 0.1) is 41.5 Å². The molecule has 0 N–H and O–H groups in total. The normalized spacial score (nSPS) is 14.3. The summed E-state index contributed by atoms with van der Waals surface area (Å²) in [5, 5.41) is 0. The van der Waals surface area contributed by atoms with E-state index in [4.69, 9.17) is 19.7 Å². The summed E-state index contributed by atoms with van der Waals surface area (Å²) in [6.07, 6.45) is 6.33. The lowest BCUT2D eigenvalue weighted by molar-refractivity contribution is 0.414. The first kappa shape index (κ1) is 44.3. The molecule has 67 heavy (non-hydrogen) atoms. The van der Waals surface area contributed by atoms with E-state index >= 15 is 0 Å². The van der Waals surface area contributed by atoms with E-state index in [9.17, 15) is 0 Å². The zero-order valence-electron chi connectivity index (χ0n) is 39.1. The minimum atomic E-state index is -0.116. The maximum absolute atomic E-state index is 6.45. The van der Waals surface area contributed by atoms with E-state index in [1.807, 2.05) is 78.9 Å². The molecular formula is C63H55N3O. The molecule has 0 saturated carbocycles. The fourth-order valence-electron chi connectivity index (χ4n) is 8.91. The molecule has 4 nitrogen and oxygen atoms in total. The van der Waals surface area contributed by atoms with Crippen molar-refractivity contribution < 1.29 is 4.74 Å². The molecule has 0 radical (unpaired) electrons. The third-order valence-electron chi connectivity index (χ3n) is 12.6. The lowest BCUT2D eigenvalue weighted by atomic mass is 9.81. The Morgan fingerprint density at radius 2 is 0.881 bits per heavy atom. The molecule has 0 spiro atoms. The summed E-state index contributed by atoms with van der Waals surface area (Å²) in [4.78, 5) is 15.1. The average molecular weight is 870 g/mol. The number of benzene rings is 8. The second-order valence-corrected chi connectivity index (χ2v) is 17.5. The summed E-state index contributed by atoms with van der Waals surface area (Å²) in [6, 6.07) is 67.6. The predicted molar refractivity (Wildman–Crippen MR) is 278 cm³/mol. The zero-order chi connectivity index (χ0) is 46.3. The van der Waals surface area contributed by atoms with Crippen molar-refractivity contribution in [3.05, 3.63) is 263 Å². The molecule has 0 amide bonds. The molecule has 1 aromatic heterocycles. The highest BCUT2D eigenvalue weighted by molar-refractivity contribution is 5.78. The molecule has 0 fully saturated rings. The highest BCUT2D eigenvalue weighted by Gasteiger charge is 2.39. The van der Waals surface area contributed by atoms with Crippen molar-refractivity contribution in [2.45, 2.75) is 53.4 Å². The molecule has 9 aromatic rings. The van der Waals surface area contributed by atoms with Gasteiger partial charge in [-0.1, -0.05) is 199 Å². The third-order valence-corrected chi connectivity index (χ3v) is 12.6. The Kier molecular flexibility index (Phi) is 13.3. The third kappa shape index (κ3) is 10.00. The van der Waals surface area contributed by atoms with Crippen molar-refractivity contribution in [3.8, 4) is 61.9 Å². The molecule has 2 atom stereocenters. The molecular weight excluding hydrogens is 815 g/mol. The summed E-state index contributed by atoms with van der Waals surface area (Å²) in [5.41, 5.74) is 18.5. The Balaban J connectivity index is 0.000000209. The van der Waals surface area contributed by atoms with Crippen LogP contribution in [0.1, 0.15) is 56.6 Å². The standard InChI is InChI=1S/C41H31N3O.C15H16.C7H8/c1-26-12-9-10-17-32(26)34-24-30(21-20-27(34)2)31-22-23-36-35(25-31)38-33(18-11-19-37(38)45-36)41-43-39(28-13-5-3-6-14-28)42-40(44-41)29-15-7-4-8-16-29;1-11-8-9-13(3)15(10-11)14-7-5-4-6-12(14)2;1-7-5-3-2-4-6-7/h3-25,33,38H,1-2H3;4-10H,1-3H3;2-6H,1H3. The van der Waals surface area contributed by atoms with Crippen molar-refractivity contribution in [3.63, 3.8) is 0 Å². The fraction of sp³-hybridized carbons (Fsp3) is 0.127. The van der Waals surface area contributed by atoms with Crippen LogP contribution in [-0.4, -0.2) is 15.0 Å². The Morgan fingerprint density at radius 1 is 0.388 bits per heavy atom. The highest BCUT2D eigenvalue weighted by Crippen LogP contribution is 2.51. The average Bonchev–Trinajstić information content (AvgIpc) is 3.75. The van der Waals surface area contributed by atoms with E-state index in [0.29, 0.717) is 11.6 Å². The SMILES string of the molecule is Cc1ccc(C)c(-c2ccccc2C)c1.Cc1ccccc1.Cc1ccccc1-c1cc(-c2ccc3c(c2)C2C(=CC=CC2c2nc(-c4ccccc4)nc(-c4ccccc4)n2)O3)ccc1C. The van der Waals surface area contributed by atoms with E-state index in [2.05, 4.69) is 175 Å². The first-order valence-corrected chi connectivity index (χ1v) is 23.1. The van der Waals surface area contributed by atoms with Gasteiger partial charge in [0, 0.05) is 16.7 Å². The maximum Gasteiger partial charge on any atom is 0.163 e. The van der Waals surface area contributed by atoms with Crippen LogP contribution in [0.3, 0.4) is 0 Å². The molecule has 0 bridgehead atoms. The lowest BCUT2D eigenvalue weighted by Gasteiger charge is -2.23. The van der Waals surface area contributed by atoms with Crippen LogP contribution in [0.15, 0.2) is 218 Å². The topological polar surface area (TPSA) is 47.9 Å².